The summed E-state index contributed by atoms with van der Waals surface area (Å²) in [5.41, 5.74) is 1.49. The van der Waals surface area contributed by atoms with Crippen molar-refractivity contribution in [3.8, 4) is 5.75 Å². The maximum Gasteiger partial charge on any atom is 0.573 e. The first kappa shape index (κ1) is 20.2. The summed E-state index contributed by atoms with van der Waals surface area (Å²) in [6.45, 7) is 0.0368. The van der Waals surface area contributed by atoms with Gasteiger partial charge in [-0.05, 0) is 24.3 Å². The maximum atomic E-state index is 12.6. The number of fused-ring (bicyclic) bond motifs is 1. The first-order chi connectivity index (χ1) is 14.9. The third kappa shape index (κ3) is 4.92. The quantitative estimate of drug-likeness (QED) is 0.474. The number of amides is 1. The second-order valence-corrected chi connectivity index (χ2v) is 6.47. The van der Waals surface area contributed by atoms with Crippen LogP contribution in [0.25, 0.3) is 5.65 Å². The molecule has 0 aliphatic heterocycles. The molecular formula is C21H16F3N5O2. The highest BCUT2D eigenvalue weighted by Crippen LogP contribution is 2.26. The van der Waals surface area contributed by atoms with E-state index in [1.807, 2.05) is 6.07 Å². The number of hydrogen-bond donors (Lipinski definition) is 2. The second kappa shape index (κ2) is 8.34. The Balaban J connectivity index is 1.53. The van der Waals surface area contributed by atoms with Crippen molar-refractivity contribution in [3.05, 3.63) is 84.2 Å². The number of nitrogens with zero attached hydrogens (tertiary/aromatic N) is 3. The largest absolute Gasteiger partial charge is 0.573 e. The summed E-state index contributed by atoms with van der Waals surface area (Å²) >= 11 is 0. The topological polar surface area (TPSA) is 80.6 Å². The fraction of sp³-hybridized carbons (Fsp3) is 0.0952. The Morgan fingerprint density at radius 2 is 1.77 bits per heavy atom. The molecule has 158 valence electrons. The van der Waals surface area contributed by atoms with E-state index in [1.54, 1.807) is 42.6 Å². The lowest BCUT2D eigenvalue weighted by Crippen LogP contribution is -2.18. The van der Waals surface area contributed by atoms with Crippen LogP contribution >= 0.6 is 0 Å². The lowest BCUT2D eigenvalue weighted by Gasteiger charge is -2.14. The summed E-state index contributed by atoms with van der Waals surface area (Å²) in [4.78, 5) is 17.0. The van der Waals surface area contributed by atoms with Crippen LogP contribution in [-0.4, -0.2) is 26.9 Å². The molecule has 0 saturated heterocycles. The van der Waals surface area contributed by atoms with Gasteiger partial charge in [0.05, 0.1) is 6.20 Å². The van der Waals surface area contributed by atoms with Crippen LogP contribution in [0.3, 0.4) is 0 Å². The summed E-state index contributed by atoms with van der Waals surface area (Å²) in [5, 5.41) is 9.84. The lowest BCUT2D eigenvalue weighted by atomic mass is 10.2. The molecule has 0 fully saturated rings. The molecule has 0 aliphatic carbocycles. The Labute approximate surface area is 174 Å². The number of carbonyl (C=O) groups is 1. The van der Waals surface area contributed by atoms with E-state index in [0.717, 1.165) is 0 Å². The molecule has 2 heterocycles. The molecule has 0 unspecified atom stereocenters. The van der Waals surface area contributed by atoms with E-state index < -0.39 is 6.36 Å². The second-order valence-electron chi connectivity index (χ2n) is 6.47. The normalized spacial score (nSPS) is 11.3. The Morgan fingerprint density at radius 3 is 2.55 bits per heavy atom. The van der Waals surface area contributed by atoms with Crippen LogP contribution in [0.2, 0.25) is 0 Å². The Kier molecular flexibility index (Phi) is 5.44. The Hall–Kier alpha value is -4.08. The Bertz CT molecular complexity index is 1210. The molecule has 2 aromatic carbocycles. The van der Waals surface area contributed by atoms with Crippen molar-refractivity contribution in [1.29, 1.82) is 0 Å². The number of carbonyl (C=O) groups excluding carboxylic acids is 1. The number of benzene rings is 2. The fourth-order valence-corrected chi connectivity index (χ4v) is 2.91. The number of alkyl halides is 3. The van der Waals surface area contributed by atoms with Crippen LogP contribution in [0.5, 0.6) is 5.75 Å². The highest BCUT2D eigenvalue weighted by Gasteiger charge is 2.31. The van der Waals surface area contributed by atoms with Crippen molar-refractivity contribution < 1.29 is 22.7 Å². The molecule has 0 bridgehead atoms. The SMILES string of the molecule is O=C(Nc1ccccc1)c1cnn2ccc(NCc3ccccc3OC(F)(F)F)nc12. The predicted molar refractivity (Wildman–Crippen MR) is 108 cm³/mol. The van der Waals surface area contributed by atoms with Gasteiger partial charge in [-0.2, -0.15) is 5.10 Å². The molecule has 0 saturated carbocycles. The zero-order valence-corrected chi connectivity index (χ0v) is 15.9. The van der Waals surface area contributed by atoms with Gasteiger partial charge in [-0.15, -0.1) is 13.2 Å². The number of para-hydroxylation sites is 2. The maximum absolute atomic E-state index is 12.6. The first-order valence-electron chi connectivity index (χ1n) is 9.17. The van der Waals surface area contributed by atoms with Gasteiger partial charge in [0.15, 0.2) is 5.65 Å². The van der Waals surface area contributed by atoms with Gasteiger partial charge in [0.25, 0.3) is 5.91 Å². The van der Waals surface area contributed by atoms with Crippen molar-refractivity contribution in [1.82, 2.24) is 14.6 Å². The fourth-order valence-electron chi connectivity index (χ4n) is 2.91. The lowest BCUT2D eigenvalue weighted by molar-refractivity contribution is -0.274. The standard InChI is InChI=1S/C21H16F3N5O2/c22-21(23,24)31-17-9-5-4-6-14(17)12-25-18-10-11-29-19(28-18)16(13-26-29)20(30)27-15-7-2-1-3-8-15/h1-11,13H,12H2,(H,25,28)(H,27,30). The zero-order chi connectivity index (χ0) is 21.8. The highest BCUT2D eigenvalue weighted by atomic mass is 19.4. The minimum absolute atomic E-state index is 0.0368. The van der Waals surface area contributed by atoms with Crippen LogP contribution in [-0.2, 0) is 6.54 Å². The highest BCUT2D eigenvalue weighted by molar-refractivity contribution is 6.08. The first-order valence-corrected chi connectivity index (χ1v) is 9.17. The molecule has 4 rings (SSSR count). The summed E-state index contributed by atoms with van der Waals surface area (Å²) in [5.74, 6) is -0.311. The third-order valence-corrected chi connectivity index (χ3v) is 4.30. The van der Waals surface area contributed by atoms with Crippen LogP contribution < -0.4 is 15.4 Å². The van der Waals surface area contributed by atoms with Gasteiger partial charge < -0.3 is 15.4 Å². The van der Waals surface area contributed by atoms with E-state index in [2.05, 4.69) is 25.5 Å². The molecular weight excluding hydrogens is 411 g/mol. The Morgan fingerprint density at radius 1 is 1.03 bits per heavy atom. The number of anilines is 2. The smallest absolute Gasteiger partial charge is 0.405 e. The number of nitrogens with one attached hydrogen (secondary N) is 2. The van der Waals surface area contributed by atoms with Crippen molar-refractivity contribution in [2.45, 2.75) is 12.9 Å². The number of ether oxygens (including phenoxy) is 1. The van der Waals surface area contributed by atoms with Gasteiger partial charge in [-0.3, -0.25) is 4.79 Å². The van der Waals surface area contributed by atoms with Crippen molar-refractivity contribution in [2.75, 3.05) is 10.6 Å². The summed E-state index contributed by atoms with van der Waals surface area (Å²) in [6.07, 6.45) is -1.79. The summed E-state index contributed by atoms with van der Waals surface area (Å²) in [7, 11) is 0. The van der Waals surface area contributed by atoms with E-state index in [9.17, 15) is 18.0 Å². The molecule has 0 aliphatic rings. The van der Waals surface area contributed by atoms with Crippen molar-refractivity contribution >= 4 is 23.1 Å². The molecule has 0 spiro atoms. The van der Waals surface area contributed by atoms with E-state index >= 15 is 0 Å². The van der Waals surface area contributed by atoms with E-state index in [1.165, 1.54) is 28.9 Å². The van der Waals surface area contributed by atoms with Gasteiger partial charge in [0, 0.05) is 24.0 Å². The third-order valence-electron chi connectivity index (χ3n) is 4.30. The molecule has 31 heavy (non-hydrogen) atoms. The van der Waals surface area contributed by atoms with E-state index in [0.29, 0.717) is 22.7 Å². The van der Waals surface area contributed by atoms with Gasteiger partial charge >= 0.3 is 6.36 Å². The van der Waals surface area contributed by atoms with Crippen LogP contribution in [0, 0.1) is 0 Å². The van der Waals surface area contributed by atoms with Crippen LogP contribution in [0.4, 0.5) is 24.7 Å². The predicted octanol–water partition coefficient (Wildman–Crippen LogP) is 4.49. The molecule has 4 aromatic rings. The van der Waals surface area contributed by atoms with Crippen LogP contribution in [0.1, 0.15) is 15.9 Å². The molecule has 0 radical (unpaired) electrons. The zero-order valence-electron chi connectivity index (χ0n) is 15.9. The van der Waals surface area contributed by atoms with E-state index in [-0.39, 0.29) is 23.8 Å². The summed E-state index contributed by atoms with van der Waals surface area (Å²) in [6, 6.07) is 16.4. The number of halogens is 3. The summed E-state index contributed by atoms with van der Waals surface area (Å²) < 4.78 is 43.3. The molecule has 10 heteroatoms. The van der Waals surface area contributed by atoms with Gasteiger partial charge in [-0.1, -0.05) is 36.4 Å². The minimum Gasteiger partial charge on any atom is -0.405 e. The van der Waals surface area contributed by atoms with E-state index in [4.69, 9.17) is 0 Å². The van der Waals surface area contributed by atoms with Crippen molar-refractivity contribution in [3.63, 3.8) is 0 Å². The molecule has 0 atom stereocenters. The molecule has 7 nitrogen and oxygen atoms in total. The molecule has 1 amide bonds. The van der Waals surface area contributed by atoms with Gasteiger partial charge in [-0.25, -0.2) is 9.50 Å². The number of aromatic nitrogens is 3. The van der Waals surface area contributed by atoms with Gasteiger partial charge in [0.1, 0.15) is 17.1 Å². The van der Waals surface area contributed by atoms with Gasteiger partial charge in [0.2, 0.25) is 0 Å². The monoisotopic (exact) mass is 427 g/mol. The number of rotatable bonds is 6. The van der Waals surface area contributed by atoms with Crippen molar-refractivity contribution in [2.24, 2.45) is 0 Å². The van der Waals surface area contributed by atoms with Crippen LogP contribution in [0.15, 0.2) is 73.1 Å². The minimum atomic E-state index is -4.79. The molecule has 2 aromatic heterocycles. The average molecular weight is 427 g/mol. The average Bonchev–Trinajstić information content (AvgIpc) is 3.16. The molecule has 2 N–H and O–H groups in total. The number of hydrogen-bond acceptors (Lipinski definition) is 5.